The molecule has 9 atom stereocenters. The number of fused-ring (bicyclic) bond motifs is 3. The Labute approximate surface area is 261 Å². The maximum Gasteiger partial charge on any atom is 0.315 e. The number of ether oxygens (including phenoxy) is 7. The number of halogens is 2. The molecule has 14 nitrogen and oxygen atoms in total. The van der Waals surface area contributed by atoms with E-state index in [9.17, 15) is 30.3 Å². The number of methoxy groups -OCH3 is 3. The van der Waals surface area contributed by atoms with Crippen LogP contribution in [0.3, 0.4) is 0 Å². The van der Waals surface area contributed by atoms with Gasteiger partial charge in [0.05, 0.1) is 47.0 Å². The van der Waals surface area contributed by atoms with Crippen molar-refractivity contribution >= 4 is 5.97 Å². The quantitative estimate of drug-likeness (QED) is 0.195. The lowest BCUT2D eigenvalue weighted by molar-refractivity contribution is -0.409. The second-order valence-electron chi connectivity index (χ2n) is 11.6. The fourth-order valence-electron chi connectivity index (χ4n) is 6.93. The Morgan fingerprint density at radius 2 is 1.59 bits per heavy atom. The molecule has 2 aromatic carbocycles. The summed E-state index contributed by atoms with van der Waals surface area (Å²) in [7, 11) is 4.35. The minimum Gasteiger partial charge on any atom is -0.493 e. The number of carbonyl (C=O) groups is 1. The number of hydrogen-bond acceptors (Lipinski definition) is 14. The number of aliphatic hydroxyl groups excluding tert-OH is 4. The molecule has 0 bridgehead atoms. The molecule has 6 rings (SSSR count). The fraction of sp³-hybridized carbons (Fsp3) is 0.567. The van der Waals surface area contributed by atoms with E-state index in [2.05, 4.69) is 5.32 Å². The molecule has 3 heterocycles. The number of carbonyl (C=O) groups excluding carboxylic acids is 1. The van der Waals surface area contributed by atoms with Crippen LogP contribution in [0, 0.1) is 11.8 Å². The lowest BCUT2D eigenvalue weighted by Crippen LogP contribution is -2.72. The number of alkyl halides is 2. The van der Waals surface area contributed by atoms with Crippen LogP contribution in [0.2, 0.25) is 0 Å². The van der Waals surface area contributed by atoms with E-state index in [4.69, 9.17) is 33.2 Å². The van der Waals surface area contributed by atoms with Crippen molar-refractivity contribution in [2.75, 3.05) is 47.9 Å². The molecule has 6 N–H and O–H groups in total. The molecular formula is C30H35F2NO13. The van der Waals surface area contributed by atoms with Crippen LogP contribution in [0.15, 0.2) is 24.3 Å². The third-order valence-electron chi connectivity index (χ3n) is 9.27. The first-order chi connectivity index (χ1) is 21.9. The van der Waals surface area contributed by atoms with Crippen molar-refractivity contribution in [2.45, 2.75) is 48.1 Å². The summed E-state index contributed by atoms with van der Waals surface area (Å²) in [5.74, 6) is -9.16. The molecule has 4 aliphatic rings. The van der Waals surface area contributed by atoms with Crippen LogP contribution < -0.4 is 29.0 Å². The van der Waals surface area contributed by atoms with Crippen LogP contribution in [-0.2, 0) is 14.3 Å². The minimum absolute atomic E-state index is 0.0827. The molecule has 46 heavy (non-hydrogen) atoms. The van der Waals surface area contributed by atoms with Gasteiger partial charge in [-0.25, -0.2) is 0 Å². The van der Waals surface area contributed by atoms with Crippen LogP contribution in [0.4, 0.5) is 8.78 Å². The zero-order valence-corrected chi connectivity index (χ0v) is 25.0. The molecule has 2 fully saturated rings. The zero-order valence-electron chi connectivity index (χ0n) is 25.0. The van der Waals surface area contributed by atoms with E-state index in [1.54, 1.807) is 24.3 Å². The Morgan fingerprint density at radius 3 is 2.17 bits per heavy atom. The lowest BCUT2D eigenvalue weighted by Gasteiger charge is -2.48. The van der Waals surface area contributed by atoms with Gasteiger partial charge in [0, 0.05) is 17.9 Å². The number of rotatable bonds is 9. The molecule has 0 amide bonds. The number of hydrogen-bond donors (Lipinski definition) is 6. The van der Waals surface area contributed by atoms with E-state index in [0.717, 1.165) is 0 Å². The zero-order chi connectivity index (χ0) is 33.1. The third kappa shape index (κ3) is 4.90. The Balaban J connectivity index is 1.42. The largest absolute Gasteiger partial charge is 0.493 e. The first-order valence-electron chi connectivity index (χ1n) is 14.5. The van der Waals surface area contributed by atoms with Crippen molar-refractivity contribution in [3.05, 3.63) is 41.0 Å². The van der Waals surface area contributed by atoms with Crippen LogP contribution in [-0.4, -0.2) is 116 Å². The van der Waals surface area contributed by atoms with Crippen molar-refractivity contribution in [2.24, 2.45) is 11.8 Å². The molecule has 16 heteroatoms. The monoisotopic (exact) mass is 655 g/mol. The summed E-state index contributed by atoms with van der Waals surface area (Å²) in [4.78, 5) is 13.4. The summed E-state index contributed by atoms with van der Waals surface area (Å²) in [5, 5.41) is 53.7. The summed E-state index contributed by atoms with van der Waals surface area (Å²) in [6.07, 6.45) is -8.63. The average Bonchev–Trinajstić information content (AvgIpc) is 3.67. The van der Waals surface area contributed by atoms with Gasteiger partial charge in [-0.2, -0.15) is 8.78 Å². The summed E-state index contributed by atoms with van der Waals surface area (Å²) in [6, 6.07) is 5.70. The Bertz CT molecular complexity index is 1470. The standard InChI is InChI=1S/C30H35F2NO13/c1-40-18-4-12(5-19(41-2)26(18)42-3)21-13-6-16-17(45-11-44-16)7-14(13)23(15-9-43-28(38)22(15)21)33-10-29(31,32)30(39)27(37)25(36)24(35)20(8-34)46-30/h4-7,15,20-25,27,33-37,39H,8-11H2,1-3H3/t15-,20+,21+,22-,23+,24+,25-,27+,30+/m0/s1. The highest BCUT2D eigenvalue weighted by Gasteiger charge is 2.66. The van der Waals surface area contributed by atoms with Gasteiger partial charge in [0.1, 0.15) is 24.4 Å². The highest BCUT2D eigenvalue weighted by molar-refractivity contribution is 5.79. The number of cyclic esters (lactones) is 1. The second kappa shape index (κ2) is 11.9. The van der Waals surface area contributed by atoms with Crippen LogP contribution >= 0.6 is 0 Å². The predicted octanol–water partition coefficient (Wildman–Crippen LogP) is -0.196. The Kier molecular flexibility index (Phi) is 8.42. The highest BCUT2D eigenvalue weighted by atomic mass is 19.3. The van der Waals surface area contributed by atoms with E-state index in [0.29, 0.717) is 45.4 Å². The van der Waals surface area contributed by atoms with Gasteiger partial charge >= 0.3 is 11.9 Å². The van der Waals surface area contributed by atoms with Crippen molar-refractivity contribution in [3.63, 3.8) is 0 Å². The normalized spacial score (nSPS) is 33.2. The van der Waals surface area contributed by atoms with Crippen molar-refractivity contribution in [3.8, 4) is 28.7 Å². The lowest BCUT2D eigenvalue weighted by atomic mass is 9.65. The summed E-state index contributed by atoms with van der Waals surface area (Å²) in [5.41, 5.74) is 1.59. The van der Waals surface area contributed by atoms with Crippen LogP contribution in [0.1, 0.15) is 28.7 Å². The molecular weight excluding hydrogens is 620 g/mol. The number of benzene rings is 2. The Morgan fingerprint density at radius 1 is 0.957 bits per heavy atom. The molecule has 0 spiro atoms. The molecule has 252 valence electrons. The summed E-state index contributed by atoms with van der Waals surface area (Å²) < 4.78 is 69.8. The maximum absolute atomic E-state index is 15.9. The minimum atomic E-state index is -4.30. The predicted molar refractivity (Wildman–Crippen MR) is 149 cm³/mol. The maximum atomic E-state index is 15.9. The molecule has 0 aromatic heterocycles. The van der Waals surface area contributed by atoms with Gasteiger partial charge in [0.2, 0.25) is 12.5 Å². The van der Waals surface area contributed by atoms with Gasteiger partial charge in [-0.1, -0.05) is 0 Å². The number of esters is 1. The highest BCUT2D eigenvalue weighted by Crippen LogP contribution is 2.56. The van der Waals surface area contributed by atoms with Crippen LogP contribution in [0.5, 0.6) is 28.7 Å². The van der Waals surface area contributed by atoms with Crippen molar-refractivity contribution < 1.29 is 72.3 Å². The molecule has 2 aromatic rings. The second-order valence-corrected chi connectivity index (χ2v) is 11.6. The van der Waals surface area contributed by atoms with Gasteiger partial charge < -0.3 is 64.0 Å². The third-order valence-corrected chi connectivity index (χ3v) is 9.27. The Hall–Kier alpha value is -3.51. The van der Waals surface area contributed by atoms with E-state index < -0.39 is 79.0 Å². The molecule has 0 radical (unpaired) electrons. The number of aliphatic hydroxyl groups is 5. The smallest absolute Gasteiger partial charge is 0.315 e. The summed E-state index contributed by atoms with van der Waals surface area (Å²) in [6.45, 7) is -2.57. The van der Waals surface area contributed by atoms with E-state index in [-0.39, 0.29) is 13.4 Å². The van der Waals surface area contributed by atoms with Gasteiger partial charge in [-0.05, 0) is 41.0 Å². The molecule has 1 aliphatic carbocycles. The fourth-order valence-corrected chi connectivity index (χ4v) is 6.93. The first kappa shape index (κ1) is 32.4. The molecule has 0 saturated carbocycles. The van der Waals surface area contributed by atoms with E-state index >= 15 is 8.78 Å². The van der Waals surface area contributed by atoms with Gasteiger partial charge in [-0.3, -0.25) is 4.79 Å². The van der Waals surface area contributed by atoms with E-state index in [1.807, 2.05) is 0 Å². The number of nitrogens with one attached hydrogen (secondary N) is 1. The van der Waals surface area contributed by atoms with Gasteiger partial charge in [0.15, 0.2) is 23.0 Å². The first-order valence-corrected chi connectivity index (χ1v) is 14.5. The SMILES string of the molecule is COc1cc([C@@H]2c3cc4c(cc3[C@@H](NCC(F)(F)[C@]3(O)O[C@H](CO)[C@@H](O)[C@H](O)[C@H]3O)[C@H]3COC(=O)[C@H]23)OCO4)cc(OC)c1OC. The van der Waals surface area contributed by atoms with Crippen molar-refractivity contribution in [1.29, 1.82) is 0 Å². The van der Waals surface area contributed by atoms with Crippen molar-refractivity contribution in [1.82, 2.24) is 5.32 Å². The van der Waals surface area contributed by atoms with Gasteiger partial charge in [0.25, 0.3) is 5.79 Å². The van der Waals surface area contributed by atoms with Gasteiger partial charge in [-0.15, -0.1) is 0 Å². The van der Waals surface area contributed by atoms with E-state index in [1.165, 1.54) is 21.3 Å². The molecule has 0 unspecified atom stereocenters. The van der Waals surface area contributed by atoms with Crippen LogP contribution in [0.25, 0.3) is 0 Å². The molecule has 2 saturated heterocycles. The average molecular weight is 656 g/mol. The topological polar surface area (TPSA) is 195 Å². The summed E-state index contributed by atoms with van der Waals surface area (Å²) >= 11 is 0. The molecule has 3 aliphatic heterocycles.